The highest BCUT2D eigenvalue weighted by Gasteiger charge is 2.50. The van der Waals surface area contributed by atoms with E-state index in [1.807, 2.05) is 36.4 Å². The number of ether oxygens (including phenoxy) is 1. The molecule has 5 nitrogen and oxygen atoms in total. The highest BCUT2D eigenvalue weighted by molar-refractivity contribution is 6.99. The van der Waals surface area contributed by atoms with E-state index in [9.17, 15) is 14.7 Å². The number of aliphatic hydroxyl groups is 1. The molecule has 6 heteroatoms. The van der Waals surface area contributed by atoms with Crippen LogP contribution in [-0.2, 0) is 18.8 Å². The van der Waals surface area contributed by atoms with Gasteiger partial charge in [0.2, 0.25) is 0 Å². The molecule has 0 aliphatic carbocycles. The van der Waals surface area contributed by atoms with Gasteiger partial charge in [-0.15, -0.1) is 0 Å². The van der Waals surface area contributed by atoms with Crippen molar-refractivity contribution in [2.45, 2.75) is 51.7 Å². The van der Waals surface area contributed by atoms with E-state index in [4.69, 9.17) is 4.43 Å². The number of hydrogen-bond donors (Lipinski definition) is 1. The zero-order chi connectivity index (χ0) is 24.5. The van der Waals surface area contributed by atoms with Crippen molar-refractivity contribution in [1.29, 1.82) is 0 Å². The van der Waals surface area contributed by atoms with Gasteiger partial charge in [0, 0.05) is 19.4 Å². The van der Waals surface area contributed by atoms with Crippen LogP contribution in [0.2, 0.25) is 5.04 Å². The molecule has 0 heterocycles. The van der Waals surface area contributed by atoms with Gasteiger partial charge in [-0.3, -0.25) is 9.59 Å². The molecule has 2 atom stereocenters. The smallest absolute Gasteiger partial charge is 0.317 e. The van der Waals surface area contributed by atoms with Gasteiger partial charge in [-0.25, -0.2) is 0 Å². The van der Waals surface area contributed by atoms with Gasteiger partial charge >= 0.3 is 5.97 Å². The lowest BCUT2D eigenvalue weighted by Crippen LogP contribution is -2.66. The molecule has 0 aliphatic rings. The molecule has 0 fully saturated rings. The molecule has 2 aromatic carbocycles. The highest BCUT2D eigenvalue weighted by atomic mass is 28.4. The Morgan fingerprint density at radius 3 is 1.94 bits per heavy atom. The van der Waals surface area contributed by atoms with Crippen molar-refractivity contribution in [3.8, 4) is 11.8 Å². The molecular weight excluding hydrogens is 432 g/mol. The molecule has 0 amide bonds. The molecule has 2 aromatic rings. The average molecular weight is 467 g/mol. The highest BCUT2D eigenvalue weighted by Crippen LogP contribution is 2.36. The lowest BCUT2D eigenvalue weighted by molar-refractivity contribution is -0.148. The number of esters is 1. The van der Waals surface area contributed by atoms with Gasteiger partial charge in [0.25, 0.3) is 8.32 Å². The van der Waals surface area contributed by atoms with Gasteiger partial charge in [0.15, 0.2) is 0 Å². The fraction of sp³-hybridized carbons (Fsp3) is 0.407. The minimum absolute atomic E-state index is 0.0225. The van der Waals surface area contributed by atoms with Gasteiger partial charge in [-0.2, -0.15) is 0 Å². The number of carbonyl (C=O) groups is 2. The first-order valence-electron chi connectivity index (χ1n) is 11.1. The summed E-state index contributed by atoms with van der Waals surface area (Å²) >= 11 is 0. The van der Waals surface area contributed by atoms with Crippen molar-refractivity contribution in [2.24, 2.45) is 5.92 Å². The van der Waals surface area contributed by atoms with E-state index in [0.717, 1.165) is 0 Å². The van der Waals surface area contributed by atoms with Gasteiger partial charge in [-0.05, 0) is 22.3 Å². The Morgan fingerprint density at radius 2 is 1.52 bits per heavy atom. The maximum Gasteiger partial charge on any atom is 0.317 e. The van der Waals surface area contributed by atoms with Gasteiger partial charge in [0.1, 0.15) is 17.8 Å². The van der Waals surface area contributed by atoms with Crippen molar-refractivity contribution >= 4 is 30.4 Å². The number of carbonyl (C=O) groups excluding carboxylic acids is 2. The Bertz CT molecular complexity index is 931. The largest absolute Gasteiger partial charge is 0.468 e. The quantitative estimate of drug-likeness (QED) is 0.266. The van der Waals surface area contributed by atoms with Crippen LogP contribution >= 0.6 is 0 Å². The van der Waals surface area contributed by atoms with E-state index in [0.29, 0.717) is 13.0 Å². The fourth-order valence-corrected chi connectivity index (χ4v) is 8.55. The maximum atomic E-state index is 11.7. The number of hydrogen-bond acceptors (Lipinski definition) is 5. The molecule has 0 saturated heterocycles. The summed E-state index contributed by atoms with van der Waals surface area (Å²) in [7, 11) is -1.43. The first kappa shape index (κ1) is 26.5. The third kappa shape index (κ3) is 6.64. The molecule has 0 radical (unpaired) electrons. The molecule has 2 unspecified atom stereocenters. The number of rotatable bonds is 9. The summed E-state index contributed by atoms with van der Waals surface area (Å²) in [6, 6.07) is 20.6. The summed E-state index contributed by atoms with van der Waals surface area (Å²) in [4.78, 5) is 23.3. The summed E-state index contributed by atoms with van der Waals surface area (Å²) in [6.45, 7) is 8.26. The Hall–Kier alpha value is -2.72. The maximum absolute atomic E-state index is 11.7. The van der Waals surface area contributed by atoms with Crippen LogP contribution in [0.3, 0.4) is 0 Å². The minimum Gasteiger partial charge on any atom is -0.468 e. The first-order valence-corrected chi connectivity index (χ1v) is 13.0. The standard InChI is InChI=1S/C27H34O5Si/c1-21(28)25(26(30)31-5)18-12-13-22(29)19-20-32-33(27(2,3)4,23-14-8-6-9-15-23)24-16-10-7-11-17-24/h6-11,14-17,22,25,29H,18-20H2,1-5H3. The number of Topliss-reactive ketones (excluding diaryl/α,β-unsaturated/α-hetero) is 1. The van der Waals surface area contributed by atoms with E-state index in [-0.39, 0.29) is 17.2 Å². The third-order valence-electron chi connectivity index (χ3n) is 5.68. The zero-order valence-corrected chi connectivity index (χ0v) is 21.1. The normalized spacial score (nSPS) is 13.4. The van der Waals surface area contributed by atoms with E-state index < -0.39 is 26.3 Å². The molecule has 0 aromatic heterocycles. The number of ketones is 1. The fourth-order valence-electron chi connectivity index (χ4n) is 3.97. The van der Waals surface area contributed by atoms with Crippen molar-refractivity contribution in [3.63, 3.8) is 0 Å². The van der Waals surface area contributed by atoms with Crippen molar-refractivity contribution in [2.75, 3.05) is 13.7 Å². The SMILES string of the molecule is COC(=O)C(CC#CC(O)CCO[Si](c1ccccc1)(c1ccccc1)C(C)(C)C)C(C)=O. The minimum atomic E-state index is -2.67. The van der Waals surface area contributed by atoms with Crippen LogP contribution in [0.1, 0.15) is 40.5 Å². The van der Waals surface area contributed by atoms with Crippen LogP contribution in [0.15, 0.2) is 60.7 Å². The third-order valence-corrected chi connectivity index (χ3v) is 10.7. The Balaban J connectivity index is 2.20. The Labute approximate surface area is 198 Å². The van der Waals surface area contributed by atoms with Crippen LogP contribution < -0.4 is 10.4 Å². The van der Waals surface area contributed by atoms with Crippen molar-refractivity contribution in [3.05, 3.63) is 60.7 Å². The molecule has 1 N–H and O–H groups in total. The second kappa shape index (κ2) is 11.9. The molecule has 33 heavy (non-hydrogen) atoms. The van der Waals surface area contributed by atoms with E-state index in [1.54, 1.807) is 0 Å². The molecule has 0 bridgehead atoms. The first-order chi connectivity index (χ1) is 15.6. The predicted octanol–water partition coefficient (Wildman–Crippen LogP) is 3.09. The molecular formula is C27H34O5Si. The topological polar surface area (TPSA) is 72.8 Å². The number of benzene rings is 2. The van der Waals surface area contributed by atoms with E-state index in [2.05, 4.69) is 61.6 Å². The second-order valence-electron chi connectivity index (χ2n) is 9.03. The Morgan fingerprint density at radius 1 is 1.00 bits per heavy atom. The van der Waals surface area contributed by atoms with Gasteiger partial charge < -0.3 is 14.3 Å². The second-order valence-corrected chi connectivity index (χ2v) is 13.3. The summed E-state index contributed by atoms with van der Waals surface area (Å²) in [6.07, 6.45) is -0.580. The summed E-state index contributed by atoms with van der Waals surface area (Å²) in [5.74, 6) is 3.65. The van der Waals surface area contributed by atoms with Crippen LogP contribution in [0, 0.1) is 17.8 Å². The van der Waals surface area contributed by atoms with E-state index in [1.165, 1.54) is 24.4 Å². The lowest BCUT2D eigenvalue weighted by Gasteiger charge is -2.43. The van der Waals surface area contributed by atoms with E-state index >= 15 is 0 Å². The van der Waals surface area contributed by atoms with Crippen LogP contribution in [0.25, 0.3) is 0 Å². The summed E-state index contributed by atoms with van der Waals surface area (Å²) in [5.41, 5.74) is 0. The molecule has 176 valence electrons. The van der Waals surface area contributed by atoms with Crippen LogP contribution in [-0.4, -0.2) is 45.0 Å². The monoisotopic (exact) mass is 466 g/mol. The summed E-state index contributed by atoms with van der Waals surface area (Å²) in [5, 5.41) is 12.6. The van der Waals surface area contributed by atoms with Gasteiger partial charge in [-0.1, -0.05) is 93.3 Å². The number of aliphatic hydroxyl groups excluding tert-OH is 1. The molecule has 0 aliphatic heterocycles. The van der Waals surface area contributed by atoms with Gasteiger partial charge in [0.05, 0.1) is 7.11 Å². The van der Waals surface area contributed by atoms with Crippen molar-refractivity contribution in [1.82, 2.24) is 0 Å². The molecule has 2 rings (SSSR count). The average Bonchev–Trinajstić information content (AvgIpc) is 2.79. The molecule has 0 spiro atoms. The molecule has 0 saturated carbocycles. The van der Waals surface area contributed by atoms with Crippen LogP contribution in [0.5, 0.6) is 0 Å². The number of methoxy groups -OCH3 is 1. The van der Waals surface area contributed by atoms with Crippen LogP contribution in [0.4, 0.5) is 0 Å². The predicted molar refractivity (Wildman–Crippen MR) is 133 cm³/mol. The lowest BCUT2D eigenvalue weighted by atomic mass is 10.0. The Kier molecular flexibility index (Phi) is 9.60. The summed E-state index contributed by atoms with van der Waals surface area (Å²) < 4.78 is 11.4. The van der Waals surface area contributed by atoms with Crippen molar-refractivity contribution < 1.29 is 23.9 Å². The zero-order valence-electron chi connectivity index (χ0n) is 20.1.